The number of anilines is 2. The second kappa shape index (κ2) is 13.4. The van der Waals surface area contributed by atoms with Gasteiger partial charge < -0.3 is 19.7 Å². The maximum Gasteiger partial charge on any atom is 0.420 e. The Balaban J connectivity index is 1.51. The molecule has 0 bridgehead atoms. The Morgan fingerprint density at radius 1 is 1.07 bits per heavy atom. The number of methoxy groups -OCH3 is 1. The fourth-order valence-electron chi connectivity index (χ4n) is 4.94. The van der Waals surface area contributed by atoms with Crippen LogP contribution < -0.4 is 5.32 Å². The summed E-state index contributed by atoms with van der Waals surface area (Å²) in [6, 6.07) is 12.4. The molecule has 1 aromatic heterocycles. The molecule has 3 aromatic rings. The van der Waals surface area contributed by atoms with Crippen molar-refractivity contribution in [1.29, 1.82) is 0 Å². The van der Waals surface area contributed by atoms with Crippen LogP contribution in [0.2, 0.25) is 0 Å². The number of piperidine rings is 1. The number of hydrogen-bond donors (Lipinski definition) is 1. The second-order valence-corrected chi connectivity index (χ2v) is 11.6. The first-order valence-electron chi connectivity index (χ1n) is 14.2. The molecule has 11 heteroatoms. The topological polar surface area (TPSA) is 93.7 Å². The van der Waals surface area contributed by atoms with E-state index in [1.54, 1.807) is 29.2 Å². The molecule has 1 fully saturated rings. The smallest absolute Gasteiger partial charge is 0.420 e. The van der Waals surface area contributed by atoms with Gasteiger partial charge in [0, 0.05) is 30.5 Å². The van der Waals surface area contributed by atoms with Crippen LogP contribution in [-0.4, -0.2) is 52.7 Å². The highest BCUT2D eigenvalue weighted by atomic mass is 19.4. The average Bonchev–Trinajstić information content (AvgIpc) is 2.95. The molecule has 0 unspecified atom stereocenters. The molecule has 4 rings (SSSR count). The number of halogens is 3. The van der Waals surface area contributed by atoms with Crippen molar-refractivity contribution in [2.24, 2.45) is 0 Å². The van der Waals surface area contributed by atoms with Crippen LogP contribution in [0.15, 0.2) is 48.7 Å². The molecular weight excluding hydrogens is 573 g/mol. The Morgan fingerprint density at radius 2 is 1.77 bits per heavy atom. The molecule has 0 radical (unpaired) electrons. The van der Waals surface area contributed by atoms with Gasteiger partial charge in [0.15, 0.2) is 0 Å². The van der Waals surface area contributed by atoms with Gasteiger partial charge >= 0.3 is 18.2 Å². The molecule has 0 aliphatic carbocycles. The predicted octanol–water partition coefficient (Wildman–Crippen LogP) is 6.78. The fourth-order valence-corrected chi connectivity index (χ4v) is 4.94. The second-order valence-electron chi connectivity index (χ2n) is 11.6. The van der Waals surface area contributed by atoms with Gasteiger partial charge in [0.05, 0.1) is 13.5 Å². The minimum absolute atomic E-state index is 0.0389. The highest BCUT2D eigenvalue weighted by molar-refractivity contribution is 5.73. The summed E-state index contributed by atoms with van der Waals surface area (Å²) in [5.41, 5.74) is 1.57. The third kappa shape index (κ3) is 8.49. The van der Waals surface area contributed by atoms with Gasteiger partial charge in [-0.25, -0.2) is 14.8 Å². The van der Waals surface area contributed by atoms with Crippen LogP contribution in [0.4, 0.5) is 29.6 Å². The summed E-state index contributed by atoms with van der Waals surface area (Å²) in [6.07, 6.45) is -2.80. The summed E-state index contributed by atoms with van der Waals surface area (Å²) in [5.74, 6) is 4.99. The van der Waals surface area contributed by atoms with Crippen molar-refractivity contribution >= 4 is 23.7 Å². The van der Waals surface area contributed by atoms with Crippen LogP contribution in [0.25, 0.3) is 0 Å². The Kier molecular flexibility index (Phi) is 9.82. The first-order valence-corrected chi connectivity index (χ1v) is 14.2. The zero-order chi connectivity index (χ0) is 32.1. The molecule has 0 spiro atoms. The van der Waals surface area contributed by atoms with Crippen molar-refractivity contribution in [3.8, 4) is 11.8 Å². The van der Waals surface area contributed by atoms with Gasteiger partial charge in [0.25, 0.3) is 0 Å². The van der Waals surface area contributed by atoms with Gasteiger partial charge in [-0.05, 0) is 87.3 Å². The normalized spacial score (nSPS) is 14.0. The van der Waals surface area contributed by atoms with Crippen LogP contribution in [0.3, 0.4) is 0 Å². The third-order valence-corrected chi connectivity index (χ3v) is 7.10. The number of esters is 1. The van der Waals surface area contributed by atoms with E-state index in [4.69, 9.17) is 9.47 Å². The van der Waals surface area contributed by atoms with Gasteiger partial charge in [-0.2, -0.15) is 13.2 Å². The molecule has 1 aliphatic heterocycles. The van der Waals surface area contributed by atoms with Crippen LogP contribution in [-0.2, 0) is 26.9 Å². The van der Waals surface area contributed by atoms with E-state index in [9.17, 15) is 22.8 Å². The first kappa shape index (κ1) is 32.3. The van der Waals surface area contributed by atoms with Gasteiger partial charge in [-0.1, -0.05) is 30.2 Å². The zero-order valence-corrected chi connectivity index (χ0v) is 25.3. The summed E-state index contributed by atoms with van der Waals surface area (Å²) in [4.78, 5) is 33.9. The SMILES string of the molecule is COC(=O)Cc1ccccc1C#Cc1nc(Nc2ccc(C3CCN(C(=O)OC(C)(C)C)CC3)c(C)c2)ncc1C(F)(F)F. The number of likely N-dealkylation sites (tertiary alicyclic amines) is 1. The highest BCUT2D eigenvalue weighted by Gasteiger charge is 2.35. The Hall–Kier alpha value is -4.59. The van der Waals surface area contributed by atoms with Crippen LogP contribution in [0, 0.1) is 18.8 Å². The number of amides is 1. The van der Waals surface area contributed by atoms with Crippen LogP contribution >= 0.6 is 0 Å². The van der Waals surface area contributed by atoms with Crippen molar-refractivity contribution in [2.45, 2.75) is 64.7 Å². The number of carbonyl (C=O) groups excluding carboxylic acids is 2. The Morgan fingerprint density at radius 3 is 2.41 bits per heavy atom. The molecular formula is C33H35F3N4O4. The highest BCUT2D eigenvalue weighted by Crippen LogP contribution is 2.34. The molecule has 8 nitrogen and oxygen atoms in total. The number of rotatable bonds is 5. The molecule has 1 saturated heterocycles. The van der Waals surface area contributed by atoms with Gasteiger partial charge in [0.2, 0.25) is 5.95 Å². The lowest BCUT2D eigenvalue weighted by Crippen LogP contribution is -2.41. The monoisotopic (exact) mass is 608 g/mol. The van der Waals surface area contributed by atoms with E-state index in [0.29, 0.717) is 36.1 Å². The van der Waals surface area contributed by atoms with Crippen molar-refractivity contribution in [1.82, 2.24) is 14.9 Å². The van der Waals surface area contributed by atoms with Crippen LogP contribution in [0.1, 0.15) is 73.0 Å². The number of hydrogen-bond acceptors (Lipinski definition) is 7. The van der Waals surface area contributed by atoms with E-state index < -0.39 is 29.0 Å². The number of ether oxygens (including phenoxy) is 2. The van der Waals surface area contributed by atoms with Gasteiger partial charge in [-0.3, -0.25) is 4.79 Å². The number of nitrogens with zero attached hydrogens (tertiary/aromatic N) is 3. The van der Waals surface area contributed by atoms with E-state index >= 15 is 0 Å². The molecule has 1 aliphatic rings. The number of alkyl halides is 3. The lowest BCUT2D eigenvalue weighted by Gasteiger charge is -2.34. The standard InChI is InChI=1S/C33H35F3N4O4/c1-21-18-25(11-12-26(21)23-14-16-40(17-15-23)31(42)44-32(2,3)4)38-30-37-20-27(33(34,35)36)28(39-30)13-10-22-8-6-7-9-24(22)19-29(41)43-5/h6-9,11-12,18,20,23H,14-17,19H2,1-5H3,(H,37,38,39). The summed E-state index contributed by atoms with van der Waals surface area (Å²) < 4.78 is 51.6. The minimum Gasteiger partial charge on any atom is -0.469 e. The summed E-state index contributed by atoms with van der Waals surface area (Å²) in [5, 5.41) is 2.99. The van der Waals surface area contributed by atoms with E-state index in [-0.39, 0.29) is 24.4 Å². The molecule has 232 valence electrons. The zero-order valence-electron chi connectivity index (χ0n) is 25.3. The number of benzene rings is 2. The molecule has 0 saturated carbocycles. The number of nitrogens with one attached hydrogen (secondary N) is 1. The van der Waals surface area contributed by atoms with Gasteiger partial charge in [-0.15, -0.1) is 0 Å². The molecule has 1 N–H and O–H groups in total. The van der Waals surface area contributed by atoms with Crippen molar-refractivity contribution in [2.75, 3.05) is 25.5 Å². The maximum absolute atomic E-state index is 13.8. The van der Waals surface area contributed by atoms with E-state index in [1.165, 1.54) is 7.11 Å². The van der Waals surface area contributed by atoms with Crippen LogP contribution in [0.5, 0.6) is 0 Å². The van der Waals surface area contributed by atoms with Crippen molar-refractivity contribution in [3.05, 3.63) is 82.2 Å². The Labute approximate surface area is 255 Å². The third-order valence-electron chi connectivity index (χ3n) is 7.10. The first-order chi connectivity index (χ1) is 20.7. The minimum atomic E-state index is -4.72. The molecule has 2 aromatic carbocycles. The summed E-state index contributed by atoms with van der Waals surface area (Å²) in [6.45, 7) is 8.68. The Bertz CT molecular complexity index is 1580. The summed E-state index contributed by atoms with van der Waals surface area (Å²) in [7, 11) is 1.26. The molecule has 2 heterocycles. The largest absolute Gasteiger partial charge is 0.469 e. The van der Waals surface area contributed by atoms with Crippen molar-refractivity contribution < 1.29 is 32.2 Å². The molecule has 1 amide bonds. The molecule has 44 heavy (non-hydrogen) atoms. The van der Waals surface area contributed by atoms with Gasteiger partial charge in [0.1, 0.15) is 16.9 Å². The van der Waals surface area contributed by atoms with Crippen molar-refractivity contribution in [3.63, 3.8) is 0 Å². The maximum atomic E-state index is 13.8. The predicted molar refractivity (Wildman–Crippen MR) is 159 cm³/mol. The molecule has 0 atom stereocenters. The van der Waals surface area contributed by atoms with E-state index in [0.717, 1.165) is 24.0 Å². The quantitative estimate of drug-likeness (QED) is 0.252. The number of aromatic nitrogens is 2. The van der Waals surface area contributed by atoms with E-state index in [1.807, 2.05) is 45.9 Å². The lowest BCUT2D eigenvalue weighted by molar-refractivity contribution is -0.140. The number of carbonyl (C=O) groups is 2. The lowest BCUT2D eigenvalue weighted by atomic mass is 9.87. The number of aryl methyl sites for hydroxylation is 1. The average molecular weight is 609 g/mol. The fraction of sp³-hybridized carbons (Fsp3) is 0.394. The van der Waals surface area contributed by atoms with E-state index in [2.05, 4.69) is 27.1 Å². The summed E-state index contributed by atoms with van der Waals surface area (Å²) >= 11 is 0.